The Morgan fingerprint density at radius 1 is 0.936 bits per heavy atom. The van der Waals surface area contributed by atoms with Gasteiger partial charge >= 0.3 is 6.09 Å². The molecule has 15 nitrogen and oxygen atoms in total. The van der Waals surface area contributed by atoms with Crippen LogP contribution in [0.4, 0.5) is 10.5 Å². The number of nitrogens with one attached hydrogen (secondary N) is 2. The lowest BCUT2D eigenvalue weighted by atomic mass is 10.0. The molecule has 0 aromatic heterocycles. The monoisotopic (exact) mass is 661 g/mol. The number of benzene rings is 1. The number of anilines is 1. The maximum Gasteiger partial charge on any atom is 0.410 e. The highest BCUT2D eigenvalue weighted by Crippen LogP contribution is 2.32. The number of piperidine rings is 1. The minimum atomic E-state index is -1.10. The first-order valence-corrected chi connectivity index (χ1v) is 16.0. The van der Waals surface area contributed by atoms with Gasteiger partial charge in [-0.3, -0.25) is 34.2 Å². The predicted octanol–water partition coefficient (Wildman–Crippen LogP) is 1.83. The van der Waals surface area contributed by atoms with Crippen LogP contribution in [0.3, 0.4) is 0 Å². The number of nitrogens with two attached hydrogens (primary N) is 1. The summed E-state index contributed by atoms with van der Waals surface area (Å²) in [7, 11) is 0. The number of fused-ring (bicyclic) bond motifs is 1. The molecule has 0 radical (unpaired) electrons. The average molecular weight is 662 g/mol. The fourth-order valence-electron chi connectivity index (χ4n) is 5.02. The number of hydrogen-bond acceptors (Lipinski definition) is 11. The lowest BCUT2D eigenvalue weighted by Crippen LogP contribution is -2.54. The minimum absolute atomic E-state index is 0.0131. The number of nitrogens with zero attached hydrogens (tertiary/aromatic N) is 2. The standard InChI is InChI=1S/C32H47N5O10/c1-32(2,3)47-31(43)36(15-17-45-19-21-46-20-18-44-16-13-33)14-6-4-5-10-25(38)34-23-9-7-8-22-27(23)30(42)37(29(22)41)24-11-12-26(39)35-28(24)40/h7-9,24H,4-6,10-21,33H2,1-3H3,(H,34,38)(H,35,39,40). The van der Waals surface area contributed by atoms with Crippen molar-refractivity contribution in [1.29, 1.82) is 0 Å². The molecule has 0 bridgehead atoms. The molecule has 0 saturated carbocycles. The molecule has 2 aliphatic rings. The number of imide groups is 2. The molecule has 0 aliphatic carbocycles. The zero-order valence-electron chi connectivity index (χ0n) is 27.5. The summed E-state index contributed by atoms with van der Waals surface area (Å²) in [5.74, 6) is -2.84. The molecule has 2 aliphatic heterocycles. The van der Waals surface area contributed by atoms with Gasteiger partial charge in [0.15, 0.2) is 0 Å². The SMILES string of the molecule is CC(C)(C)OC(=O)N(CCCCCC(=O)Nc1cccc2c1C(=O)N(C1CCC(=O)NC1=O)C2=O)CCOCCOCCOCCN. The Balaban J connectivity index is 1.43. The van der Waals surface area contributed by atoms with E-state index in [0.717, 1.165) is 4.90 Å². The average Bonchev–Trinajstić information content (AvgIpc) is 3.25. The summed E-state index contributed by atoms with van der Waals surface area (Å²) in [6, 6.07) is 3.45. The second kappa shape index (κ2) is 18.4. The van der Waals surface area contributed by atoms with Gasteiger partial charge in [-0.15, -0.1) is 0 Å². The Labute approximate surface area is 274 Å². The van der Waals surface area contributed by atoms with E-state index >= 15 is 0 Å². The van der Waals surface area contributed by atoms with Crippen molar-refractivity contribution in [3.8, 4) is 0 Å². The van der Waals surface area contributed by atoms with Gasteiger partial charge < -0.3 is 34.9 Å². The molecular weight excluding hydrogens is 614 g/mol. The summed E-state index contributed by atoms with van der Waals surface area (Å²) in [4.78, 5) is 78.2. The van der Waals surface area contributed by atoms with Crippen LogP contribution < -0.4 is 16.4 Å². The van der Waals surface area contributed by atoms with Crippen molar-refractivity contribution in [2.24, 2.45) is 5.73 Å². The molecule has 260 valence electrons. The van der Waals surface area contributed by atoms with Crippen LogP contribution >= 0.6 is 0 Å². The molecule has 1 aromatic carbocycles. The number of ether oxygens (including phenoxy) is 4. The fraction of sp³-hybridized carbons (Fsp3) is 0.625. The van der Waals surface area contributed by atoms with Gasteiger partial charge in [-0.2, -0.15) is 0 Å². The molecule has 1 saturated heterocycles. The molecule has 47 heavy (non-hydrogen) atoms. The second-order valence-electron chi connectivity index (χ2n) is 12.1. The van der Waals surface area contributed by atoms with Gasteiger partial charge in [0, 0.05) is 32.5 Å². The topological polar surface area (TPSA) is 196 Å². The normalized spacial score (nSPS) is 16.3. The molecule has 1 unspecified atom stereocenters. The largest absolute Gasteiger partial charge is 0.444 e. The molecule has 15 heteroatoms. The maximum absolute atomic E-state index is 13.2. The van der Waals surface area contributed by atoms with Crippen molar-refractivity contribution in [2.75, 3.05) is 64.6 Å². The van der Waals surface area contributed by atoms with Crippen LogP contribution in [0.1, 0.15) is 80.0 Å². The number of amides is 6. The van der Waals surface area contributed by atoms with Gasteiger partial charge in [0.2, 0.25) is 17.7 Å². The quantitative estimate of drug-likeness (QED) is 0.145. The van der Waals surface area contributed by atoms with Crippen LogP contribution in [-0.4, -0.2) is 116 Å². The smallest absolute Gasteiger partial charge is 0.410 e. The van der Waals surface area contributed by atoms with Gasteiger partial charge in [0.1, 0.15) is 11.6 Å². The summed E-state index contributed by atoms with van der Waals surface area (Å²) in [6.07, 6.45) is 1.53. The van der Waals surface area contributed by atoms with E-state index in [1.165, 1.54) is 12.1 Å². The number of carbonyl (C=O) groups excluding carboxylic acids is 6. The summed E-state index contributed by atoms with van der Waals surface area (Å²) < 4.78 is 21.8. The van der Waals surface area contributed by atoms with Crippen molar-refractivity contribution in [3.63, 3.8) is 0 Å². The number of carbonyl (C=O) groups is 6. The Morgan fingerprint density at radius 3 is 2.28 bits per heavy atom. The third kappa shape index (κ3) is 11.7. The molecule has 6 amide bonds. The highest BCUT2D eigenvalue weighted by Gasteiger charge is 2.45. The first-order valence-electron chi connectivity index (χ1n) is 16.0. The van der Waals surface area contributed by atoms with Crippen LogP contribution in [0.5, 0.6) is 0 Å². The Morgan fingerprint density at radius 2 is 1.62 bits per heavy atom. The van der Waals surface area contributed by atoms with E-state index in [9.17, 15) is 28.8 Å². The number of unbranched alkanes of at least 4 members (excludes halogenated alkanes) is 2. The Hall–Kier alpha value is -3.92. The van der Waals surface area contributed by atoms with E-state index in [1.54, 1.807) is 31.7 Å². The van der Waals surface area contributed by atoms with Crippen molar-refractivity contribution in [1.82, 2.24) is 15.1 Å². The van der Waals surface area contributed by atoms with Crippen LogP contribution in [0.15, 0.2) is 18.2 Å². The maximum atomic E-state index is 13.2. The highest BCUT2D eigenvalue weighted by molar-refractivity contribution is 6.26. The van der Waals surface area contributed by atoms with Crippen molar-refractivity contribution < 1.29 is 47.7 Å². The zero-order chi connectivity index (χ0) is 34.4. The van der Waals surface area contributed by atoms with Crippen LogP contribution in [0.2, 0.25) is 0 Å². The first-order chi connectivity index (χ1) is 22.4. The minimum Gasteiger partial charge on any atom is -0.444 e. The van der Waals surface area contributed by atoms with Crippen LogP contribution in [0, 0.1) is 0 Å². The van der Waals surface area contributed by atoms with E-state index in [0.29, 0.717) is 78.5 Å². The lowest BCUT2D eigenvalue weighted by Gasteiger charge is -2.27. The number of rotatable bonds is 19. The van der Waals surface area contributed by atoms with Crippen LogP contribution in [0.25, 0.3) is 0 Å². The lowest BCUT2D eigenvalue weighted by molar-refractivity contribution is -0.136. The van der Waals surface area contributed by atoms with Gasteiger partial charge in [0.25, 0.3) is 11.8 Å². The second-order valence-corrected chi connectivity index (χ2v) is 12.1. The zero-order valence-corrected chi connectivity index (χ0v) is 27.5. The third-order valence-electron chi connectivity index (χ3n) is 7.24. The van der Waals surface area contributed by atoms with E-state index in [2.05, 4.69) is 10.6 Å². The molecular formula is C32H47N5O10. The van der Waals surface area contributed by atoms with Crippen molar-refractivity contribution in [3.05, 3.63) is 29.3 Å². The fourth-order valence-corrected chi connectivity index (χ4v) is 5.02. The van der Waals surface area contributed by atoms with Crippen LogP contribution in [-0.2, 0) is 33.3 Å². The van der Waals surface area contributed by atoms with E-state index in [-0.39, 0.29) is 42.0 Å². The van der Waals surface area contributed by atoms with Crippen molar-refractivity contribution in [2.45, 2.75) is 70.9 Å². The van der Waals surface area contributed by atoms with Gasteiger partial charge in [-0.1, -0.05) is 12.5 Å². The van der Waals surface area contributed by atoms with E-state index in [4.69, 9.17) is 24.7 Å². The molecule has 4 N–H and O–H groups in total. The van der Waals surface area contributed by atoms with Gasteiger partial charge in [0.05, 0.1) is 56.5 Å². The molecule has 2 heterocycles. The van der Waals surface area contributed by atoms with E-state index < -0.39 is 41.4 Å². The molecule has 0 spiro atoms. The van der Waals surface area contributed by atoms with Gasteiger partial charge in [-0.05, 0) is 52.2 Å². The Bertz CT molecular complexity index is 1280. The summed E-state index contributed by atoms with van der Waals surface area (Å²) >= 11 is 0. The third-order valence-corrected chi connectivity index (χ3v) is 7.24. The van der Waals surface area contributed by atoms with Crippen molar-refractivity contribution >= 4 is 41.3 Å². The summed E-state index contributed by atoms with van der Waals surface area (Å²) in [5.41, 5.74) is 5.00. The van der Waals surface area contributed by atoms with E-state index in [1.807, 2.05) is 0 Å². The molecule has 1 atom stereocenters. The first kappa shape index (κ1) is 37.5. The summed E-state index contributed by atoms with van der Waals surface area (Å²) in [5, 5.41) is 4.89. The molecule has 3 rings (SSSR count). The molecule has 1 aromatic rings. The highest BCUT2D eigenvalue weighted by atomic mass is 16.6. The van der Waals surface area contributed by atoms with Gasteiger partial charge in [-0.25, -0.2) is 4.79 Å². The Kier molecular flexibility index (Phi) is 14.7. The number of hydrogen-bond donors (Lipinski definition) is 3. The predicted molar refractivity (Wildman–Crippen MR) is 170 cm³/mol. The summed E-state index contributed by atoms with van der Waals surface area (Å²) in [6.45, 7) is 9.06. The molecule has 1 fully saturated rings.